The van der Waals surface area contributed by atoms with Crippen LogP contribution in [0.25, 0.3) is 0 Å². The van der Waals surface area contributed by atoms with Gasteiger partial charge >= 0.3 is 0 Å². The molecule has 0 radical (unpaired) electrons. The van der Waals surface area contributed by atoms with Crippen molar-refractivity contribution >= 4 is 45.7 Å². The molecule has 0 amide bonds. The second-order valence-electron chi connectivity index (χ2n) is 3.89. The Hall–Kier alpha value is -1.82. The Balaban J connectivity index is 2.39. The van der Waals surface area contributed by atoms with Crippen LogP contribution in [-0.2, 0) is 0 Å². The Morgan fingerprint density at radius 2 is 1.76 bits per heavy atom. The molecule has 8 heteroatoms. The number of hydrogen-bond donors (Lipinski definition) is 0. The second-order valence-corrected chi connectivity index (χ2v) is 5.08. The highest BCUT2D eigenvalue weighted by atomic mass is 35.5. The first-order valence-corrected chi connectivity index (χ1v) is 6.63. The predicted octanol–water partition coefficient (Wildman–Crippen LogP) is 5.07. The van der Waals surface area contributed by atoms with E-state index in [0.717, 1.165) is 0 Å². The molecule has 0 fully saturated rings. The van der Waals surface area contributed by atoms with Gasteiger partial charge in [-0.2, -0.15) is 0 Å². The van der Waals surface area contributed by atoms with Gasteiger partial charge in [-0.1, -0.05) is 23.2 Å². The fraction of sp³-hybridized carbons (Fsp3) is 0. The number of carbonyl (C=O) groups is 1. The molecule has 0 N–H and O–H groups in total. The van der Waals surface area contributed by atoms with Gasteiger partial charge in [0.1, 0.15) is 5.75 Å². The molecule has 5 nitrogen and oxygen atoms in total. The van der Waals surface area contributed by atoms with Gasteiger partial charge in [-0.15, -0.1) is 0 Å². The van der Waals surface area contributed by atoms with E-state index in [9.17, 15) is 14.9 Å². The van der Waals surface area contributed by atoms with Crippen LogP contribution < -0.4 is 4.74 Å². The van der Waals surface area contributed by atoms with Crippen LogP contribution in [0.2, 0.25) is 10.0 Å². The third-order valence-corrected chi connectivity index (χ3v) is 3.19. The lowest BCUT2D eigenvalue weighted by molar-refractivity contribution is -0.384. The maximum Gasteiger partial charge on any atom is 0.269 e. The van der Waals surface area contributed by atoms with Gasteiger partial charge < -0.3 is 4.74 Å². The van der Waals surface area contributed by atoms with Crippen LogP contribution in [-0.4, -0.2) is 10.2 Å². The Bertz CT molecular complexity index is 716. The molecule has 2 aromatic rings. The SMILES string of the molecule is O=C(Cl)c1cc(Cl)cc(Cl)c1Oc1ccc([N+](=O)[O-])cc1. The lowest BCUT2D eigenvalue weighted by Gasteiger charge is -2.11. The normalized spacial score (nSPS) is 10.2. The number of non-ortho nitro benzene ring substituents is 1. The van der Waals surface area contributed by atoms with Gasteiger partial charge in [0.05, 0.1) is 15.5 Å². The largest absolute Gasteiger partial charge is 0.455 e. The van der Waals surface area contributed by atoms with Crippen molar-refractivity contribution in [2.75, 3.05) is 0 Å². The van der Waals surface area contributed by atoms with E-state index in [-0.39, 0.29) is 32.8 Å². The van der Waals surface area contributed by atoms with Crippen LogP contribution in [0, 0.1) is 10.1 Å². The molecule has 2 aromatic carbocycles. The molecular weight excluding hydrogens is 341 g/mol. The fourth-order valence-electron chi connectivity index (χ4n) is 1.56. The summed E-state index contributed by atoms with van der Waals surface area (Å²) in [4.78, 5) is 21.4. The van der Waals surface area contributed by atoms with Crippen molar-refractivity contribution in [1.29, 1.82) is 0 Å². The van der Waals surface area contributed by atoms with Crippen LogP contribution >= 0.6 is 34.8 Å². The van der Waals surface area contributed by atoms with Crippen molar-refractivity contribution in [1.82, 2.24) is 0 Å². The summed E-state index contributed by atoms with van der Waals surface area (Å²) in [5.41, 5.74) is -0.0780. The maximum atomic E-state index is 11.4. The number of rotatable bonds is 4. The molecule has 0 unspecified atom stereocenters. The van der Waals surface area contributed by atoms with Crippen molar-refractivity contribution in [3.63, 3.8) is 0 Å². The summed E-state index contributed by atoms with van der Waals surface area (Å²) in [7, 11) is 0. The summed E-state index contributed by atoms with van der Waals surface area (Å²) in [6.07, 6.45) is 0. The van der Waals surface area contributed by atoms with Crippen LogP contribution in [0.5, 0.6) is 11.5 Å². The molecule has 0 bridgehead atoms. The molecule has 0 heterocycles. The zero-order chi connectivity index (χ0) is 15.6. The van der Waals surface area contributed by atoms with E-state index in [1.165, 1.54) is 36.4 Å². The van der Waals surface area contributed by atoms with Crippen molar-refractivity contribution in [2.24, 2.45) is 0 Å². The van der Waals surface area contributed by atoms with Gasteiger partial charge in [0.2, 0.25) is 0 Å². The molecule has 0 saturated carbocycles. The zero-order valence-corrected chi connectivity index (χ0v) is 12.4. The van der Waals surface area contributed by atoms with Gasteiger partial charge in [0, 0.05) is 17.2 Å². The van der Waals surface area contributed by atoms with Crippen molar-refractivity contribution in [3.05, 3.63) is 62.1 Å². The third kappa shape index (κ3) is 3.64. The Morgan fingerprint density at radius 3 is 2.29 bits per heavy atom. The van der Waals surface area contributed by atoms with Crippen LogP contribution in [0.3, 0.4) is 0 Å². The van der Waals surface area contributed by atoms with Gasteiger partial charge in [0.15, 0.2) is 5.75 Å². The molecule has 0 aliphatic rings. The third-order valence-electron chi connectivity index (χ3n) is 2.49. The van der Waals surface area contributed by atoms with E-state index in [4.69, 9.17) is 39.5 Å². The Morgan fingerprint density at radius 1 is 1.14 bits per heavy atom. The number of benzene rings is 2. The quantitative estimate of drug-likeness (QED) is 0.440. The Labute approximate surface area is 134 Å². The van der Waals surface area contributed by atoms with E-state index in [0.29, 0.717) is 0 Å². The number of hydrogen-bond acceptors (Lipinski definition) is 4. The molecule has 0 aromatic heterocycles. The molecular formula is C13H6Cl3NO4. The number of ether oxygens (including phenoxy) is 1. The van der Waals surface area contributed by atoms with Crippen LogP contribution in [0.15, 0.2) is 36.4 Å². The number of nitrogens with zero attached hydrogens (tertiary/aromatic N) is 1. The average molecular weight is 347 g/mol. The molecule has 2 rings (SSSR count). The summed E-state index contributed by atoms with van der Waals surface area (Å²) in [5, 5.41) is 10.1. The number of nitro benzene ring substituents is 1. The maximum absolute atomic E-state index is 11.4. The molecule has 0 spiro atoms. The average Bonchev–Trinajstić information content (AvgIpc) is 2.41. The van der Waals surface area contributed by atoms with E-state index in [2.05, 4.69) is 0 Å². The molecule has 21 heavy (non-hydrogen) atoms. The first-order chi connectivity index (χ1) is 9.88. The van der Waals surface area contributed by atoms with Crippen molar-refractivity contribution < 1.29 is 14.5 Å². The highest BCUT2D eigenvalue weighted by molar-refractivity contribution is 6.68. The minimum atomic E-state index is -0.781. The Kier molecular flexibility index (Phi) is 4.67. The highest BCUT2D eigenvalue weighted by Crippen LogP contribution is 2.36. The first kappa shape index (κ1) is 15.6. The van der Waals surface area contributed by atoms with Gasteiger partial charge in [0.25, 0.3) is 10.9 Å². The van der Waals surface area contributed by atoms with E-state index in [1.54, 1.807) is 0 Å². The summed E-state index contributed by atoms with van der Waals surface area (Å²) in [6, 6.07) is 8.01. The summed E-state index contributed by atoms with van der Waals surface area (Å²) < 4.78 is 5.47. The van der Waals surface area contributed by atoms with Crippen molar-refractivity contribution in [3.8, 4) is 11.5 Å². The fourth-order valence-corrected chi connectivity index (χ4v) is 2.24. The summed E-state index contributed by atoms with van der Waals surface area (Å²) in [6.45, 7) is 0. The van der Waals surface area contributed by atoms with E-state index >= 15 is 0 Å². The van der Waals surface area contributed by atoms with Crippen LogP contribution in [0.4, 0.5) is 5.69 Å². The topological polar surface area (TPSA) is 69.4 Å². The number of halogens is 3. The minimum absolute atomic E-state index is 0.00696. The number of carbonyl (C=O) groups excluding carboxylic acids is 1. The molecule has 0 saturated heterocycles. The van der Waals surface area contributed by atoms with E-state index < -0.39 is 10.2 Å². The van der Waals surface area contributed by atoms with Gasteiger partial charge in [-0.05, 0) is 35.9 Å². The predicted molar refractivity (Wildman–Crippen MR) is 79.8 cm³/mol. The molecule has 0 aliphatic carbocycles. The zero-order valence-electron chi connectivity index (χ0n) is 10.2. The standard InChI is InChI=1S/C13H6Cl3NO4/c14-7-5-10(13(16)18)12(11(15)6-7)21-9-3-1-8(2-4-9)17(19)20/h1-6H. The van der Waals surface area contributed by atoms with Gasteiger partial charge in [-0.3, -0.25) is 14.9 Å². The lowest BCUT2D eigenvalue weighted by Crippen LogP contribution is -1.96. The lowest BCUT2D eigenvalue weighted by atomic mass is 10.2. The van der Waals surface area contributed by atoms with Gasteiger partial charge in [-0.25, -0.2) is 0 Å². The first-order valence-electron chi connectivity index (χ1n) is 5.49. The van der Waals surface area contributed by atoms with Crippen molar-refractivity contribution in [2.45, 2.75) is 0 Å². The van der Waals surface area contributed by atoms with Crippen LogP contribution in [0.1, 0.15) is 10.4 Å². The molecule has 108 valence electrons. The smallest absolute Gasteiger partial charge is 0.269 e. The highest BCUT2D eigenvalue weighted by Gasteiger charge is 2.17. The summed E-state index contributed by atoms with van der Waals surface area (Å²) in [5.74, 6) is 0.305. The summed E-state index contributed by atoms with van der Waals surface area (Å²) >= 11 is 17.2. The minimum Gasteiger partial charge on any atom is -0.455 e. The molecule has 0 atom stereocenters. The number of nitro groups is 1. The second kappa shape index (κ2) is 6.30. The molecule has 0 aliphatic heterocycles. The van der Waals surface area contributed by atoms with E-state index in [1.807, 2.05) is 0 Å². The monoisotopic (exact) mass is 345 g/mol.